The van der Waals surface area contributed by atoms with Gasteiger partial charge in [-0.15, -0.1) is 5.10 Å². The van der Waals surface area contributed by atoms with Gasteiger partial charge < -0.3 is 10.0 Å². The van der Waals surface area contributed by atoms with E-state index in [9.17, 15) is 4.79 Å². The number of fused-ring (bicyclic) bond motifs is 1. The molecule has 0 radical (unpaired) electrons. The number of nitrogens with zero attached hydrogens (tertiary/aromatic N) is 4. The van der Waals surface area contributed by atoms with Gasteiger partial charge in [0.2, 0.25) is 0 Å². The fourth-order valence-electron chi connectivity index (χ4n) is 3.12. The normalized spacial score (nSPS) is 13.1. The number of amides is 1. The number of hydrogen-bond donors (Lipinski definition) is 1. The third-order valence-electron chi connectivity index (χ3n) is 4.47. The Morgan fingerprint density at radius 1 is 1.12 bits per heavy atom. The molecule has 0 saturated carbocycles. The van der Waals surface area contributed by atoms with Gasteiger partial charge >= 0.3 is 0 Å². The van der Waals surface area contributed by atoms with Crippen molar-refractivity contribution in [3.05, 3.63) is 81.6 Å². The van der Waals surface area contributed by atoms with Gasteiger partial charge in [0.05, 0.1) is 19.3 Å². The molecule has 1 N–H and O–H groups in total. The maximum Gasteiger partial charge on any atom is 0.254 e. The molecule has 2 aromatic carbocycles. The molecule has 6 nitrogen and oxygen atoms in total. The highest BCUT2D eigenvalue weighted by atomic mass is 35.5. The van der Waals surface area contributed by atoms with E-state index >= 15 is 0 Å². The van der Waals surface area contributed by atoms with Gasteiger partial charge in [0.1, 0.15) is 5.69 Å². The van der Waals surface area contributed by atoms with Gasteiger partial charge in [-0.05, 0) is 41.0 Å². The topological polar surface area (TPSA) is 71.2 Å². The molecule has 1 amide bonds. The zero-order valence-electron chi connectivity index (χ0n) is 14.0. The molecule has 4 rings (SSSR count). The Labute approximate surface area is 155 Å². The Morgan fingerprint density at radius 2 is 1.88 bits per heavy atom. The molecule has 0 spiro atoms. The van der Waals surface area contributed by atoms with E-state index in [2.05, 4.69) is 10.3 Å². The van der Waals surface area contributed by atoms with Gasteiger partial charge in [0, 0.05) is 23.7 Å². The summed E-state index contributed by atoms with van der Waals surface area (Å²) in [4.78, 5) is 14.6. The van der Waals surface area contributed by atoms with Crippen LogP contribution in [0.1, 0.15) is 32.7 Å². The van der Waals surface area contributed by atoms with E-state index in [4.69, 9.17) is 16.7 Å². The van der Waals surface area contributed by atoms with Crippen LogP contribution in [0.25, 0.3) is 0 Å². The standard InChI is InChI=1S/C19H17ClN4O2/c20-17-6-5-15-9-23(10-16(15)7-17)19(26)14-3-1-13(2-4-14)8-24-11-18(12-25)21-22-24/h1-7,11,25H,8-10,12H2. The molecule has 0 fully saturated rings. The minimum atomic E-state index is -0.128. The van der Waals surface area contributed by atoms with Gasteiger partial charge in [-0.2, -0.15) is 0 Å². The molecule has 1 aliphatic heterocycles. The Kier molecular flexibility index (Phi) is 4.44. The van der Waals surface area contributed by atoms with Gasteiger partial charge in [-0.3, -0.25) is 4.79 Å². The van der Waals surface area contributed by atoms with E-state index in [-0.39, 0.29) is 12.5 Å². The van der Waals surface area contributed by atoms with Crippen LogP contribution in [0.2, 0.25) is 5.02 Å². The largest absolute Gasteiger partial charge is 0.390 e. The molecular weight excluding hydrogens is 352 g/mol. The first-order valence-electron chi connectivity index (χ1n) is 8.28. The van der Waals surface area contributed by atoms with Crippen LogP contribution in [0.15, 0.2) is 48.7 Å². The van der Waals surface area contributed by atoms with Crippen LogP contribution in [-0.4, -0.2) is 30.9 Å². The van der Waals surface area contributed by atoms with Crippen molar-refractivity contribution in [1.82, 2.24) is 19.9 Å². The lowest BCUT2D eigenvalue weighted by molar-refractivity contribution is 0.0751. The van der Waals surface area contributed by atoms with E-state index in [1.165, 1.54) is 0 Å². The number of benzene rings is 2. The van der Waals surface area contributed by atoms with Crippen molar-refractivity contribution in [3.8, 4) is 0 Å². The number of aromatic nitrogens is 3. The van der Waals surface area contributed by atoms with E-state index in [0.29, 0.717) is 35.9 Å². The Bertz CT molecular complexity index is 952. The maximum atomic E-state index is 12.7. The first kappa shape index (κ1) is 16.8. The third-order valence-corrected chi connectivity index (χ3v) is 4.71. The minimum absolute atomic E-state index is 0.00666. The average Bonchev–Trinajstić information content (AvgIpc) is 3.28. The molecular formula is C19H17ClN4O2. The summed E-state index contributed by atoms with van der Waals surface area (Å²) in [6.07, 6.45) is 1.70. The van der Waals surface area contributed by atoms with Crippen LogP contribution in [0.4, 0.5) is 0 Å². The van der Waals surface area contributed by atoms with E-state index in [0.717, 1.165) is 16.7 Å². The van der Waals surface area contributed by atoms with Gasteiger partial charge in [0.15, 0.2) is 0 Å². The number of carbonyl (C=O) groups is 1. The molecule has 0 atom stereocenters. The van der Waals surface area contributed by atoms with Gasteiger partial charge in [-0.1, -0.05) is 35.0 Å². The van der Waals surface area contributed by atoms with Gasteiger partial charge in [-0.25, -0.2) is 4.68 Å². The van der Waals surface area contributed by atoms with Crippen molar-refractivity contribution in [3.63, 3.8) is 0 Å². The summed E-state index contributed by atoms with van der Waals surface area (Å²) in [5, 5.41) is 17.5. The van der Waals surface area contributed by atoms with E-state index < -0.39 is 0 Å². The highest BCUT2D eigenvalue weighted by molar-refractivity contribution is 6.30. The summed E-state index contributed by atoms with van der Waals surface area (Å²) in [6.45, 7) is 1.60. The summed E-state index contributed by atoms with van der Waals surface area (Å²) in [6, 6.07) is 13.2. The lowest BCUT2D eigenvalue weighted by Crippen LogP contribution is -2.25. The second-order valence-corrected chi connectivity index (χ2v) is 6.77. The smallest absolute Gasteiger partial charge is 0.254 e. The number of rotatable bonds is 4. The second kappa shape index (κ2) is 6.90. The van der Waals surface area contributed by atoms with Crippen molar-refractivity contribution < 1.29 is 9.90 Å². The molecule has 132 valence electrons. The quantitative estimate of drug-likeness (QED) is 0.768. The first-order chi connectivity index (χ1) is 12.6. The summed E-state index contributed by atoms with van der Waals surface area (Å²) >= 11 is 6.03. The van der Waals surface area contributed by atoms with Crippen LogP contribution in [0, 0.1) is 0 Å². The Morgan fingerprint density at radius 3 is 2.62 bits per heavy atom. The molecule has 0 aliphatic carbocycles. The zero-order valence-corrected chi connectivity index (χ0v) is 14.7. The van der Waals surface area contributed by atoms with E-state index in [1.807, 2.05) is 47.4 Å². The fourth-order valence-corrected chi connectivity index (χ4v) is 3.31. The number of carbonyl (C=O) groups excluding carboxylic acids is 1. The summed E-state index contributed by atoms with van der Waals surface area (Å²) in [7, 11) is 0. The molecule has 0 saturated heterocycles. The van der Waals surface area contributed by atoms with Crippen molar-refractivity contribution in [2.24, 2.45) is 0 Å². The number of aliphatic hydroxyl groups is 1. The molecule has 3 aromatic rings. The monoisotopic (exact) mass is 368 g/mol. The van der Waals surface area contributed by atoms with Crippen molar-refractivity contribution in [2.45, 2.75) is 26.2 Å². The first-order valence-corrected chi connectivity index (χ1v) is 8.65. The predicted molar refractivity (Wildman–Crippen MR) is 96.5 cm³/mol. The van der Waals surface area contributed by atoms with Crippen LogP contribution < -0.4 is 0 Å². The van der Waals surface area contributed by atoms with Crippen LogP contribution in [-0.2, 0) is 26.2 Å². The number of hydrogen-bond acceptors (Lipinski definition) is 4. The number of aliphatic hydroxyl groups excluding tert-OH is 1. The summed E-state index contributed by atoms with van der Waals surface area (Å²) < 4.78 is 1.66. The van der Waals surface area contributed by atoms with Crippen LogP contribution >= 0.6 is 11.6 Å². The molecule has 1 aromatic heterocycles. The van der Waals surface area contributed by atoms with Crippen molar-refractivity contribution in [1.29, 1.82) is 0 Å². The third kappa shape index (κ3) is 3.34. The van der Waals surface area contributed by atoms with Crippen LogP contribution in [0.3, 0.4) is 0 Å². The maximum absolute atomic E-state index is 12.7. The molecule has 1 aliphatic rings. The van der Waals surface area contributed by atoms with E-state index in [1.54, 1.807) is 10.9 Å². The Hall–Kier alpha value is -2.70. The molecule has 26 heavy (non-hydrogen) atoms. The van der Waals surface area contributed by atoms with Crippen molar-refractivity contribution >= 4 is 17.5 Å². The minimum Gasteiger partial charge on any atom is -0.390 e. The zero-order chi connectivity index (χ0) is 18.1. The van der Waals surface area contributed by atoms with Crippen molar-refractivity contribution in [2.75, 3.05) is 0 Å². The highest BCUT2D eigenvalue weighted by Crippen LogP contribution is 2.27. The predicted octanol–water partition coefficient (Wildman–Crippen LogP) is 2.63. The lowest BCUT2D eigenvalue weighted by Gasteiger charge is -2.15. The fraction of sp³-hybridized carbons (Fsp3) is 0.211. The molecule has 2 heterocycles. The highest BCUT2D eigenvalue weighted by Gasteiger charge is 2.24. The SMILES string of the molecule is O=C(c1ccc(Cn2cc(CO)nn2)cc1)N1Cc2ccc(Cl)cc2C1. The summed E-state index contributed by atoms with van der Waals surface area (Å²) in [5.74, 6) is 0.00666. The summed E-state index contributed by atoms with van der Waals surface area (Å²) in [5.41, 5.74) is 4.44. The molecule has 0 bridgehead atoms. The van der Waals surface area contributed by atoms with Crippen LogP contribution in [0.5, 0.6) is 0 Å². The Balaban J connectivity index is 1.44. The van der Waals surface area contributed by atoms with Gasteiger partial charge in [0.25, 0.3) is 5.91 Å². The lowest BCUT2D eigenvalue weighted by atomic mass is 10.1. The molecule has 7 heteroatoms. The number of halogens is 1. The second-order valence-electron chi connectivity index (χ2n) is 6.34. The average molecular weight is 369 g/mol. The molecule has 0 unspecified atom stereocenters.